The summed E-state index contributed by atoms with van der Waals surface area (Å²) in [4.78, 5) is 16.3. The Morgan fingerprint density at radius 1 is 1.11 bits per heavy atom. The van der Waals surface area contributed by atoms with E-state index < -0.39 is 39.0 Å². The first kappa shape index (κ1) is 25.1. The van der Waals surface area contributed by atoms with E-state index in [0.717, 1.165) is 0 Å². The predicted molar refractivity (Wildman–Crippen MR) is 121 cm³/mol. The average Bonchev–Trinajstić information content (AvgIpc) is 3.44. The Hall–Kier alpha value is -2.97. The zero-order valence-electron chi connectivity index (χ0n) is 19.3. The second-order valence-corrected chi connectivity index (χ2v) is 10.6. The fraction of sp³-hybridized carbons (Fsp3) is 0.500. The van der Waals surface area contributed by atoms with Crippen molar-refractivity contribution in [2.24, 2.45) is 0 Å². The molecule has 1 aliphatic rings. The molecule has 3 heterocycles. The van der Waals surface area contributed by atoms with Crippen molar-refractivity contribution < 1.29 is 27.0 Å². The summed E-state index contributed by atoms with van der Waals surface area (Å²) in [5.41, 5.74) is 0.179. The molecule has 3 aromatic heterocycles. The molecular formula is C20H23ClFN7O5S. The van der Waals surface area contributed by atoms with Crippen LogP contribution in [0.25, 0.3) is 5.69 Å². The number of methoxy groups -OCH3 is 3. The Bertz CT molecular complexity index is 1290. The molecule has 0 aliphatic heterocycles. The van der Waals surface area contributed by atoms with Crippen LogP contribution in [-0.2, 0) is 20.3 Å². The number of nitrogens with zero attached hydrogens (tertiary/aromatic N) is 7. The van der Waals surface area contributed by atoms with Crippen LogP contribution in [0.3, 0.4) is 0 Å². The topological polar surface area (TPSA) is 144 Å². The lowest BCUT2D eigenvalue weighted by molar-refractivity contribution is 0.0948. The van der Waals surface area contributed by atoms with Gasteiger partial charge in [0, 0.05) is 19.5 Å². The Morgan fingerprint density at radius 2 is 1.71 bits per heavy atom. The summed E-state index contributed by atoms with van der Waals surface area (Å²) in [5, 5.41) is 7.42. The molecule has 0 spiro atoms. The van der Waals surface area contributed by atoms with Gasteiger partial charge in [0.1, 0.15) is 30.2 Å². The molecule has 1 saturated carbocycles. The van der Waals surface area contributed by atoms with E-state index in [9.17, 15) is 12.8 Å². The maximum Gasteiger partial charge on any atom is 0.245 e. The molecule has 188 valence electrons. The smallest absolute Gasteiger partial charge is 0.245 e. The molecule has 0 N–H and O–H groups in total. The first-order valence-corrected chi connectivity index (χ1v) is 12.5. The lowest BCUT2D eigenvalue weighted by Crippen LogP contribution is -2.30. The molecule has 12 nitrogen and oxygen atoms in total. The fourth-order valence-corrected chi connectivity index (χ4v) is 5.17. The zero-order valence-corrected chi connectivity index (χ0v) is 20.9. The molecule has 1 fully saturated rings. The Labute approximate surface area is 205 Å². The number of alkyl halides is 1. The van der Waals surface area contributed by atoms with Crippen LogP contribution in [0.1, 0.15) is 42.8 Å². The summed E-state index contributed by atoms with van der Waals surface area (Å²) < 4.78 is 58.5. The lowest BCUT2D eigenvalue weighted by atomic mass is 10.2. The molecule has 15 heteroatoms. The van der Waals surface area contributed by atoms with Gasteiger partial charge in [-0.1, -0.05) is 11.6 Å². The van der Waals surface area contributed by atoms with E-state index >= 15 is 0 Å². The normalized spacial score (nSPS) is 19.3. The van der Waals surface area contributed by atoms with Crippen LogP contribution >= 0.6 is 11.6 Å². The van der Waals surface area contributed by atoms with Crippen LogP contribution in [0, 0.1) is 0 Å². The minimum atomic E-state index is -3.94. The molecule has 3 aromatic rings. The van der Waals surface area contributed by atoms with Gasteiger partial charge in [0.2, 0.25) is 11.8 Å². The maximum atomic E-state index is 14.0. The van der Waals surface area contributed by atoms with Crippen LogP contribution in [0.4, 0.5) is 4.39 Å². The van der Waals surface area contributed by atoms with Crippen molar-refractivity contribution in [2.75, 3.05) is 21.3 Å². The molecule has 0 bridgehead atoms. The monoisotopic (exact) mass is 527 g/mol. The van der Waals surface area contributed by atoms with Gasteiger partial charge in [-0.15, -0.1) is 10.2 Å². The molecule has 0 saturated heterocycles. The number of hydrogen-bond donors (Lipinski definition) is 0. The van der Waals surface area contributed by atoms with Gasteiger partial charge in [-0.25, -0.2) is 22.8 Å². The third-order valence-corrected chi connectivity index (χ3v) is 7.87. The summed E-state index contributed by atoms with van der Waals surface area (Å²) >= 11 is 5.85. The summed E-state index contributed by atoms with van der Waals surface area (Å²) in [6.45, 7) is 1.48. The second-order valence-electron chi connectivity index (χ2n) is 7.84. The minimum Gasteiger partial charge on any atom is -0.479 e. The fourth-order valence-electron chi connectivity index (χ4n) is 3.65. The highest BCUT2D eigenvalue weighted by Crippen LogP contribution is 2.45. The van der Waals surface area contributed by atoms with Crippen molar-refractivity contribution in [3.63, 3.8) is 0 Å². The van der Waals surface area contributed by atoms with Crippen molar-refractivity contribution in [1.29, 1.82) is 0 Å². The quantitative estimate of drug-likeness (QED) is 0.382. The van der Waals surface area contributed by atoms with Gasteiger partial charge in [0.25, 0.3) is 0 Å². The highest BCUT2D eigenvalue weighted by molar-refractivity contribution is 7.91. The van der Waals surface area contributed by atoms with Gasteiger partial charge in [0.05, 0.1) is 30.4 Å². The van der Waals surface area contributed by atoms with Gasteiger partial charge in [0.15, 0.2) is 27.2 Å². The summed E-state index contributed by atoms with van der Waals surface area (Å²) in [6, 6.07) is 0. The molecule has 0 unspecified atom stereocenters. The van der Waals surface area contributed by atoms with Crippen LogP contribution in [0.5, 0.6) is 11.8 Å². The molecule has 4 atom stereocenters. The number of ether oxygens (including phenoxy) is 3. The predicted octanol–water partition coefficient (Wildman–Crippen LogP) is 2.03. The van der Waals surface area contributed by atoms with Crippen LogP contribution in [0.2, 0.25) is 5.02 Å². The van der Waals surface area contributed by atoms with E-state index in [-0.39, 0.29) is 41.3 Å². The van der Waals surface area contributed by atoms with Gasteiger partial charge in [-0.3, -0.25) is 4.57 Å². The number of sulfone groups is 1. The third kappa shape index (κ3) is 4.90. The van der Waals surface area contributed by atoms with E-state index in [2.05, 4.69) is 30.1 Å². The molecule has 0 aromatic carbocycles. The van der Waals surface area contributed by atoms with Crippen molar-refractivity contribution in [2.45, 2.75) is 42.5 Å². The van der Waals surface area contributed by atoms with Crippen LogP contribution in [0.15, 0.2) is 18.7 Å². The zero-order chi connectivity index (χ0) is 25.3. The standard InChI is InChI=1S/C20H23ClFN7O5S/c1-10(16(32-2)17-23-6-11(21)7-24-17)35(30,31)8-14-27-28-18(12-5-13(12)22)29(14)15-19(33-3)25-9-26-20(15)34-4/h6-7,9-10,12-13,16H,5,8H2,1-4H3/t10-,12-,13-,16-/m0/s1. The highest BCUT2D eigenvalue weighted by Gasteiger charge is 2.45. The number of aromatic nitrogens is 7. The van der Waals surface area contributed by atoms with E-state index in [0.29, 0.717) is 5.02 Å². The summed E-state index contributed by atoms with van der Waals surface area (Å²) in [6.07, 6.45) is 2.08. The molecule has 1 aliphatic carbocycles. The molecular weight excluding hydrogens is 505 g/mol. The number of halogens is 2. The number of hydrogen-bond acceptors (Lipinski definition) is 11. The Morgan fingerprint density at radius 3 is 2.23 bits per heavy atom. The van der Waals surface area contributed by atoms with E-state index in [1.807, 2.05) is 0 Å². The third-order valence-electron chi connectivity index (χ3n) is 5.64. The largest absolute Gasteiger partial charge is 0.479 e. The van der Waals surface area contributed by atoms with Crippen molar-refractivity contribution in [1.82, 2.24) is 34.7 Å². The van der Waals surface area contributed by atoms with E-state index in [4.69, 9.17) is 25.8 Å². The van der Waals surface area contributed by atoms with Gasteiger partial charge >= 0.3 is 0 Å². The van der Waals surface area contributed by atoms with E-state index in [1.165, 1.54) is 51.5 Å². The first-order chi connectivity index (χ1) is 16.7. The van der Waals surface area contributed by atoms with Crippen LogP contribution in [-0.4, -0.2) is 75.9 Å². The van der Waals surface area contributed by atoms with Crippen molar-refractivity contribution in [3.8, 4) is 17.4 Å². The first-order valence-electron chi connectivity index (χ1n) is 10.4. The van der Waals surface area contributed by atoms with Gasteiger partial charge < -0.3 is 14.2 Å². The van der Waals surface area contributed by atoms with Crippen molar-refractivity contribution >= 4 is 21.4 Å². The molecule has 0 radical (unpaired) electrons. The Balaban J connectivity index is 1.76. The van der Waals surface area contributed by atoms with Gasteiger partial charge in [-0.2, -0.15) is 9.97 Å². The summed E-state index contributed by atoms with van der Waals surface area (Å²) in [5.74, 6) is -0.530. The second kappa shape index (κ2) is 9.95. The SMILES string of the molecule is COc1ncnc(OC)c1-n1c(CS(=O)(=O)[C@@H](C)[C@H](OC)c2ncc(Cl)cn2)nnc1[C@H]1C[C@@H]1F. The van der Waals surface area contributed by atoms with Crippen molar-refractivity contribution in [3.05, 3.63) is 41.2 Å². The van der Waals surface area contributed by atoms with E-state index in [1.54, 1.807) is 0 Å². The number of rotatable bonds is 10. The van der Waals surface area contributed by atoms with Gasteiger partial charge in [-0.05, 0) is 13.3 Å². The lowest BCUT2D eigenvalue weighted by Gasteiger charge is -2.22. The Kier molecular flexibility index (Phi) is 7.15. The minimum absolute atomic E-state index is 0.0178. The molecule has 4 rings (SSSR count). The molecule has 35 heavy (non-hydrogen) atoms. The van der Waals surface area contributed by atoms with Crippen LogP contribution < -0.4 is 9.47 Å². The highest BCUT2D eigenvalue weighted by atomic mass is 35.5. The molecule has 0 amide bonds. The maximum absolute atomic E-state index is 14.0. The average molecular weight is 528 g/mol. The summed E-state index contributed by atoms with van der Waals surface area (Å²) in [7, 11) is 0.200.